The van der Waals surface area contributed by atoms with Crippen LogP contribution < -0.4 is 20.1 Å². The Hall–Kier alpha value is -4.16. The van der Waals surface area contributed by atoms with Crippen LogP contribution in [0.5, 0.6) is 11.5 Å². The highest BCUT2D eigenvalue weighted by Crippen LogP contribution is 2.29. The second-order valence-corrected chi connectivity index (χ2v) is 7.75. The van der Waals surface area contributed by atoms with Crippen molar-refractivity contribution in [3.05, 3.63) is 76.8 Å². The molecule has 1 unspecified atom stereocenters. The number of amides is 2. The number of methoxy groups -OCH3 is 1. The van der Waals surface area contributed by atoms with Gasteiger partial charge >= 0.3 is 0 Å². The molecule has 0 aliphatic heterocycles. The van der Waals surface area contributed by atoms with Gasteiger partial charge in [0.25, 0.3) is 11.8 Å². The number of hydrogen-bond donors (Lipinski definition) is 2. The van der Waals surface area contributed by atoms with Crippen LogP contribution in [0.4, 0.5) is 5.13 Å². The summed E-state index contributed by atoms with van der Waals surface area (Å²) < 4.78 is 10.9. The maximum absolute atomic E-state index is 12.6. The fraction of sp³-hybridized carbons (Fsp3) is 0.167. The Morgan fingerprint density at radius 2 is 2.00 bits per heavy atom. The summed E-state index contributed by atoms with van der Waals surface area (Å²) in [4.78, 5) is 28.6. The van der Waals surface area contributed by atoms with Crippen LogP contribution in [0.3, 0.4) is 0 Å². The van der Waals surface area contributed by atoms with Crippen molar-refractivity contribution in [1.82, 2.24) is 10.3 Å². The second-order valence-electron chi connectivity index (χ2n) is 6.86. The molecule has 2 amide bonds. The predicted molar refractivity (Wildman–Crippen MR) is 126 cm³/mol. The molecule has 3 rings (SSSR count). The highest BCUT2D eigenvalue weighted by Gasteiger charge is 2.15. The van der Waals surface area contributed by atoms with Gasteiger partial charge in [-0.15, -0.1) is 11.3 Å². The van der Waals surface area contributed by atoms with Crippen molar-refractivity contribution in [2.24, 2.45) is 0 Å². The first-order valence-corrected chi connectivity index (χ1v) is 10.9. The zero-order chi connectivity index (χ0) is 23.6. The predicted octanol–water partition coefficient (Wildman–Crippen LogP) is 3.95. The minimum atomic E-state index is -0.480. The molecule has 0 fully saturated rings. The molecule has 1 aromatic heterocycles. The van der Waals surface area contributed by atoms with Crippen molar-refractivity contribution in [3.8, 4) is 17.6 Å². The zero-order valence-electron chi connectivity index (χ0n) is 18.1. The van der Waals surface area contributed by atoms with E-state index in [0.717, 1.165) is 5.56 Å². The van der Waals surface area contributed by atoms with Gasteiger partial charge in [0.15, 0.2) is 23.2 Å². The summed E-state index contributed by atoms with van der Waals surface area (Å²) in [6.07, 6.45) is 3.06. The quantitative estimate of drug-likeness (QED) is 0.368. The van der Waals surface area contributed by atoms with E-state index in [1.165, 1.54) is 24.5 Å². The molecule has 2 N–H and O–H groups in total. The van der Waals surface area contributed by atoms with Gasteiger partial charge in [-0.05, 0) is 36.3 Å². The number of ether oxygens (including phenoxy) is 2. The van der Waals surface area contributed by atoms with Crippen LogP contribution in [0, 0.1) is 11.3 Å². The summed E-state index contributed by atoms with van der Waals surface area (Å²) in [5, 5.41) is 17.2. The Kier molecular flexibility index (Phi) is 8.16. The van der Waals surface area contributed by atoms with Crippen LogP contribution in [0.15, 0.2) is 65.7 Å². The highest BCUT2D eigenvalue weighted by atomic mass is 32.1. The van der Waals surface area contributed by atoms with Crippen LogP contribution >= 0.6 is 11.3 Å². The fourth-order valence-corrected chi connectivity index (χ4v) is 3.44. The summed E-state index contributed by atoms with van der Waals surface area (Å²) in [6.45, 7) is 1.62. The molecule has 33 heavy (non-hydrogen) atoms. The molecule has 0 radical (unpaired) electrons. The molecule has 2 aromatic carbocycles. The summed E-state index contributed by atoms with van der Waals surface area (Å²) in [7, 11) is 1.46. The fourth-order valence-electron chi connectivity index (χ4n) is 2.89. The van der Waals surface area contributed by atoms with E-state index in [1.54, 1.807) is 29.8 Å². The maximum Gasteiger partial charge on any atom is 0.264 e. The molecule has 1 heterocycles. The summed E-state index contributed by atoms with van der Waals surface area (Å²) in [5.41, 5.74) is 1.46. The average molecular weight is 463 g/mol. The first kappa shape index (κ1) is 23.5. The van der Waals surface area contributed by atoms with Crippen LogP contribution in [0.25, 0.3) is 6.08 Å². The van der Waals surface area contributed by atoms with Crippen molar-refractivity contribution >= 4 is 34.4 Å². The third-order valence-electron chi connectivity index (χ3n) is 4.55. The molecular formula is C24H22N4O4S. The molecule has 0 saturated carbocycles. The van der Waals surface area contributed by atoms with Crippen molar-refractivity contribution in [3.63, 3.8) is 0 Å². The smallest absolute Gasteiger partial charge is 0.264 e. The Bertz CT molecular complexity index is 1170. The molecule has 0 spiro atoms. The number of aromatic nitrogens is 1. The van der Waals surface area contributed by atoms with Gasteiger partial charge in [-0.3, -0.25) is 14.9 Å². The number of thiazole rings is 1. The lowest BCUT2D eigenvalue weighted by Gasteiger charge is -2.14. The topological polar surface area (TPSA) is 113 Å². The highest BCUT2D eigenvalue weighted by molar-refractivity contribution is 7.13. The Morgan fingerprint density at radius 1 is 1.21 bits per heavy atom. The molecule has 0 bridgehead atoms. The van der Waals surface area contributed by atoms with Crippen molar-refractivity contribution in [2.45, 2.75) is 13.0 Å². The van der Waals surface area contributed by atoms with E-state index < -0.39 is 5.91 Å². The number of benzene rings is 2. The molecule has 3 aromatic rings. The zero-order valence-corrected chi connectivity index (χ0v) is 18.9. The van der Waals surface area contributed by atoms with E-state index >= 15 is 0 Å². The Balaban J connectivity index is 1.66. The van der Waals surface area contributed by atoms with Crippen LogP contribution in [-0.4, -0.2) is 30.5 Å². The standard InChI is InChI=1S/C24H22N4O4S/c1-16(18-6-4-3-5-7-18)27-23(30)19(14-25)12-17-8-9-20(21(13-17)31-2)32-15-22(29)28-24-26-10-11-33-24/h3-13,16H,15H2,1-2H3,(H,27,30)(H,26,28,29)/b19-12+. The van der Waals surface area contributed by atoms with Gasteiger partial charge in [0.05, 0.1) is 13.2 Å². The van der Waals surface area contributed by atoms with E-state index in [0.29, 0.717) is 22.2 Å². The largest absolute Gasteiger partial charge is 0.493 e. The number of carbonyl (C=O) groups is 2. The number of rotatable bonds is 9. The molecule has 1 atom stereocenters. The number of nitriles is 1. The normalized spacial score (nSPS) is 11.7. The number of nitrogens with one attached hydrogen (secondary N) is 2. The van der Waals surface area contributed by atoms with Crippen molar-refractivity contribution in [1.29, 1.82) is 5.26 Å². The Morgan fingerprint density at radius 3 is 2.67 bits per heavy atom. The molecule has 8 nitrogen and oxygen atoms in total. The van der Waals surface area contributed by atoms with Crippen molar-refractivity contribution in [2.75, 3.05) is 19.0 Å². The minimum absolute atomic E-state index is 0.0451. The van der Waals surface area contributed by atoms with Gasteiger partial charge in [0.1, 0.15) is 11.6 Å². The van der Waals surface area contributed by atoms with Crippen LogP contribution in [0.1, 0.15) is 24.1 Å². The Labute approximate surface area is 195 Å². The first-order valence-electron chi connectivity index (χ1n) is 9.98. The first-order chi connectivity index (χ1) is 16.0. The second kappa shape index (κ2) is 11.5. The van der Waals surface area contributed by atoms with E-state index in [1.807, 2.05) is 43.3 Å². The van der Waals surface area contributed by atoms with E-state index in [4.69, 9.17) is 9.47 Å². The minimum Gasteiger partial charge on any atom is -0.493 e. The van der Waals surface area contributed by atoms with Gasteiger partial charge in [0, 0.05) is 11.6 Å². The van der Waals surface area contributed by atoms with Crippen molar-refractivity contribution < 1.29 is 19.1 Å². The number of hydrogen-bond acceptors (Lipinski definition) is 7. The van der Waals surface area contributed by atoms with E-state index in [2.05, 4.69) is 15.6 Å². The van der Waals surface area contributed by atoms with Gasteiger partial charge in [-0.2, -0.15) is 5.26 Å². The lowest BCUT2D eigenvalue weighted by molar-refractivity contribution is -0.118. The number of anilines is 1. The molecule has 168 valence electrons. The molecule has 0 aliphatic carbocycles. The maximum atomic E-state index is 12.6. The van der Waals surface area contributed by atoms with E-state index in [-0.39, 0.29) is 24.1 Å². The van der Waals surface area contributed by atoms with Crippen LogP contribution in [-0.2, 0) is 9.59 Å². The van der Waals surface area contributed by atoms with Gasteiger partial charge in [-0.25, -0.2) is 4.98 Å². The average Bonchev–Trinajstić information content (AvgIpc) is 3.34. The van der Waals surface area contributed by atoms with E-state index in [9.17, 15) is 14.9 Å². The molecule has 0 saturated heterocycles. The third-order valence-corrected chi connectivity index (χ3v) is 5.24. The summed E-state index contributed by atoms with van der Waals surface area (Å²) in [5.74, 6) is -0.121. The summed E-state index contributed by atoms with van der Waals surface area (Å²) >= 11 is 1.31. The SMILES string of the molecule is COc1cc(/C=C(\C#N)C(=O)NC(C)c2ccccc2)ccc1OCC(=O)Nc1nccs1. The third kappa shape index (κ3) is 6.66. The monoisotopic (exact) mass is 462 g/mol. The molecule has 9 heteroatoms. The van der Waals surface area contributed by atoms with Gasteiger partial charge < -0.3 is 14.8 Å². The van der Waals surface area contributed by atoms with Gasteiger partial charge in [0.2, 0.25) is 0 Å². The molecule has 0 aliphatic rings. The lowest BCUT2D eigenvalue weighted by Crippen LogP contribution is -2.27. The molecular weight excluding hydrogens is 440 g/mol. The number of nitrogens with zero attached hydrogens (tertiary/aromatic N) is 2. The lowest BCUT2D eigenvalue weighted by atomic mass is 10.1. The van der Waals surface area contributed by atoms with Crippen LogP contribution in [0.2, 0.25) is 0 Å². The number of carbonyl (C=O) groups excluding carboxylic acids is 2. The summed E-state index contributed by atoms with van der Waals surface area (Å²) in [6, 6.07) is 16.1. The van der Waals surface area contributed by atoms with Gasteiger partial charge in [-0.1, -0.05) is 36.4 Å².